The first-order valence-electron chi connectivity index (χ1n) is 16.8. The average molecular weight is 697 g/mol. The van der Waals surface area contributed by atoms with Crippen LogP contribution >= 0.6 is 12.4 Å². The molecule has 4 N–H and O–H groups in total. The van der Waals surface area contributed by atoms with E-state index in [1.807, 2.05) is 0 Å². The molecule has 14 nitrogen and oxygen atoms in total. The minimum absolute atomic E-state index is 0. The summed E-state index contributed by atoms with van der Waals surface area (Å²) in [6.07, 6.45) is 3.12. The van der Waals surface area contributed by atoms with E-state index in [0.29, 0.717) is 78.5 Å². The number of hydrogen-bond donors (Lipinski definition) is 3. The lowest BCUT2D eigenvalue weighted by molar-refractivity contribution is -0.138. The fourth-order valence-electron chi connectivity index (χ4n) is 5.24. The second kappa shape index (κ2) is 22.7. The lowest BCUT2D eigenvalue weighted by Gasteiger charge is -2.36. The number of hydrogen-bond acceptors (Lipinski definition) is 12. The second-order valence-corrected chi connectivity index (χ2v) is 11.4. The molecule has 0 aliphatic carbocycles. The van der Waals surface area contributed by atoms with Crippen LogP contribution in [0.25, 0.3) is 21.9 Å². The number of nitrogen functional groups attached to an aromatic ring is 1. The lowest BCUT2D eigenvalue weighted by Crippen LogP contribution is -2.47. The first kappa shape index (κ1) is 39.6. The lowest BCUT2D eigenvalue weighted by atomic mass is 10.1. The summed E-state index contributed by atoms with van der Waals surface area (Å²) in [7, 11) is 0. The molecular formula is C33H53ClN6O8. The number of carbonyl (C=O) groups is 1. The molecule has 15 heteroatoms. The summed E-state index contributed by atoms with van der Waals surface area (Å²) in [5, 5.41) is 9.56. The zero-order valence-corrected chi connectivity index (χ0v) is 29.0. The number of aliphatic carboxylic acids is 1. The number of anilines is 2. The molecule has 0 saturated carbocycles. The molecule has 1 fully saturated rings. The summed E-state index contributed by atoms with van der Waals surface area (Å²) >= 11 is 0. The van der Waals surface area contributed by atoms with E-state index in [2.05, 4.69) is 44.9 Å². The Morgan fingerprint density at radius 1 is 0.833 bits per heavy atom. The number of carboxylic acids is 1. The number of carboxylic acid groups (broad SMARTS) is 1. The maximum Gasteiger partial charge on any atom is 0.305 e. The third kappa shape index (κ3) is 13.6. The highest BCUT2D eigenvalue weighted by atomic mass is 35.5. The van der Waals surface area contributed by atoms with Crippen molar-refractivity contribution in [3.05, 3.63) is 24.0 Å². The number of aromatic nitrogens is 3. The SMILES string of the molecule is CCCCc1nc2c([nH]1)c(N)nc1ccc(N3CCN(CCOCCOCCOCCOCCOCCOCCC(=O)O)CC3)cc12.Cl. The number of pyridine rings is 1. The number of piperazine rings is 1. The van der Waals surface area contributed by atoms with E-state index in [-0.39, 0.29) is 25.4 Å². The molecule has 1 aromatic carbocycles. The van der Waals surface area contributed by atoms with Crippen molar-refractivity contribution in [2.45, 2.75) is 32.6 Å². The Hall–Kier alpha value is -2.82. The molecule has 0 atom stereocenters. The van der Waals surface area contributed by atoms with Crippen LogP contribution < -0.4 is 10.6 Å². The summed E-state index contributed by atoms with van der Waals surface area (Å²) in [5.74, 6) is 0.604. The first-order valence-corrected chi connectivity index (χ1v) is 16.8. The molecule has 1 aliphatic heterocycles. The number of H-pyrrole nitrogens is 1. The van der Waals surface area contributed by atoms with Gasteiger partial charge in [0.05, 0.1) is 91.2 Å². The van der Waals surface area contributed by atoms with Crippen molar-refractivity contribution < 1.29 is 38.3 Å². The van der Waals surface area contributed by atoms with Gasteiger partial charge in [0.25, 0.3) is 0 Å². The third-order valence-corrected chi connectivity index (χ3v) is 7.86. The van der Waals surface area contributed by atoms with Crippen molar-refractivity contribution in [3.63, 3.8) is 0 Å². The molecule has 0 radical (unpaired) electrons. The second-order valence-electron chi connectivity index (χ2n) is 11.4. The van der Waals surface area contributed by atoms with Gasteiger partial charge in [0.15, 0.2) is 0 Å². The Balaban J connectivity index is 0.00000625. The van der Waals surface area contributed by atoms with Crippen molar-refractivity contribution in [1.82, 2.24) is 19.9 Å². The Labute approximate surface area is 288 Å². The van der Waals surface area contributed by atoms with Gasteiger partial charge in [-0.3, -0.25) is 9.69 Å². The summed E-state index contributed by atoms with van der Waals surface area (Å²) in [6, 6.07) is 6.40. The highest BCUT2D eigenvalue weighted by molar-refractivity contribution is 6.07. The minimum Gasteiger partial charge on any atom is -0.481 e. The number of aryl methyl sites for hydroxylation is 1. The van der Waals surface area contributed by atoms with Gasteiger partial charge < -0.3 is 49.1 Å². The van der Waals surface area contributed by atoms with E-state index >= 15 is 0 Å². The van der Waals surface area contributed by atoms with Crippen molar-refractivity contribution >= 4 is 51.8 Å². The number of halogens is 1. The number of fused-ring (bicyclic) bond motifs is 3. The Kier molecular flexibility index (Phi) is 18.8. The number of benzene rings is 1. The van der Waals surface area contributed by atoms with E-state index in [1.54, 1.807) is 0 Å². The van der Waals surface area contributed by atoms with Crippen molar-refractivity contribution in [3.8, 4) is 0 Å². The van der Waals surface area contributed by atoms with Gasteiger partial charge in [-0.05, 0) is 24.6 Å². The van der Waals surface area contributed by atoms with Gasteiger partial charge in [-0.15, -0.1) is 12.4 Å². The quantitative estimate of drug-likeness (QED) is 0.111. The van der Waals surface area contributed by atoms with Gasteiger partial charge in [-0.25, -0.2) is 9.97 Å². The predicted molar refractivity (Wildman–Crippen MR) is 187 cm³/mol. The van der Waals surface area contributed by atoms with Gasteiger partial charge in [-0.1, -0.05) is 13.3 Å². The normalized spacial score (nSPS) is 13.8. The summed E-state index contributed by atoms with van der Waals surface area (Å²) in [6.45, 7) is 12.6. The van der Waals surface area contributed by atoms with Crippen LogP contribution in [0.2, 0.25) is 0 Å². The summed E-state index contributed by atoms with van der Waals surface area (Å²) in [5.41, 5.74) is 10.1. The molecule has 0 bridgehead atoms. The van der Waals surface area contributed by atoms with Crippen molar-refractivity contribution in [1.29, 1.82) is 0 Å². The average Bonchev–Trinajstić information content (AvgIpc) is 3.52. The summed E-state index contributed by atoms with van der Waals surface area (Å²) in [4.78, 5) is 28.1. The highest BCUT2D eigenvalue weighted by Gasteiger charge is 2.19. The number of ether oxygens (including phenoxy) is 6. The van der Waals surface area contributed by atoms with Crippen LogP contribution in [0.3, 0.4) is 0 Å². The van der Waals surface area contributed by atoms with Gasteiger partial charge in [-0.2, -0.15) is 0 Å². The minimum atomic E-state index is -0.869. The molecule has 2 aromatic heterocycles. The maximum absolute atomic E-state index is 10.4. The van der Waals surface area contributed by atoms with Gasteiger partial charge in [0.2, 0.25) is 0 Å². The number of nitrogens with zero attached hydrogens (tertiary/aromatic N) is 4. The van der Waals surface area contributed by atoms with E-state index in [9.17, 15) is 4.79 Å². The van der Waals surface area contributed by atoms with Crippen LogP contribution in [0.4, 0.5) is 11.5 Å². The zero-order valence-electron chi connectivity index (χ0n) is 28.2. The monoisotopic (exact) mass is 696 g/mol. The molecule has 1 saturated heterocycles. The molecule has 0 spiro atoms. The smallest absolute Gasteiger partial charge is 0.305 e. The third-order valence-electron chi connectivity index (χ3n) is 7.86. The van der Waals surface area contributed by atoms with Crippen LogP contribution in [-0.2, 0) is 39.6 Å². The van der Waals surface area contributed by atoms with Crippen molar-refractivity contribution in [2.75, 3.05) is 123 Å². The van der Waals surface area contributed by atoms with Gasteiger partial charge in [0.1, 0.15) is 22.7 Å². The van der Waals surface area contributed by atoms with Gasteiger partial charge in [0, 0.05) is 50.2 Å². The molecule has 3 heterocycles. The maximum atomic E-state index is 10.4. The molecule has 0 amide bonds. The molecule has 4 rings (SSSR count). The molecule has 0 unspecified atom stereocenters. The van der Waals surface area contributed by atoms with Crippen LogP contribution in [0, 0.1) is 0 Å². The standard InChI is InChI=1S/C33H52N6O8.ClH/c1-2-3-4-29-36-31-27-25-26(5-6-28(27)35-33(34)32(31)37-29)39-10-8-38(9-11-39)12-14-43-16-18-45-20-22-47-24-23-46-21-19-44-17-15-42-13-7-30(40)41;/h5-6,25H,2-4,7-24H2,1H3,(H2,34,35)(H,36,37)(H,40,41);1H. The van der Waals surface area contributed by atoms with Crippen LogP contribution in [-0.4, -0.2) is 143 Å². The number of aromatic amines is 1. The number of unbranched alkanes of at least 4 members (excludes halogenated alkanes) is 1. The molecule has 1 aliphatic rings. The van der Waals surface area contributed by atoms with Crippen molar-refractivity contribution in [2.24, 2.45) is 0 Å². The van der Waals surface area contributed by atoms with Crippen LogP contribution in [0.1, 0.15) is 32.0 Å². The van der Waals surface area contributed by atoms with Gasteiger partial charge >= 0.3 is 5.97 Å². The van der Waals surface area contributed by atoms with Crippen LogP contribution in [0.15, 0.2) is 18.2 Å². The highest BCUT2D eigenvalue weighted by Crippen LogP contribution is 2.30. The Morgan fingerprint density at radius 2 is 1.40 bits per heavy atom. The molecule has 270 valence electrons. The first-order chi connectivity index (χ1) is 23.0. The number of imidazole rings is 1. The zero-order chi connectivity index (χ0) is 33.1. The summed E-state index contributed by atoms with van der Waals surface area (Å²) < 4.78 is 32.8. The van der Waals surface area contributed by atoms with E-state index in [0.717, 1.165) is 79.7 Å². The molecular weight excluding hydrogens is 644 g/mol. The fraction of sp³-hybridized carbons (Fsp3) is 0.667. The van der Waals surface area contributed by atoms with E-state index in [4.69, 9.17) is 44.2 Å². The van der Waals surface area contributed by atoms with E-state index in [1.165, 1.54) is 5.69 Å². The largest absolute Gasteiger partial charge is 0.481 e. The molecule has 48 heavy (non-hydrogen) atoms. The number of rotatable bonds is 25. The molecule has 3 aromatic rings. The predicted octanol–water partition coefficient (Wildman–Crippen LogP) is 3.15. The topological polar surface area (TPSA) is 167 Å². The van der Waals surface area contributed by atoms with E-state index < -0.39 is 5.97 Å². The Morgan fingerprint density at radius 3 is 1.96 bits per heavy atom. The fourth-order valence-corrected chi connectivity index (χ4v) is 5.24. The Bertz CT molecular complexity index is 1340. The number of nitrogens with two attached hydrogens (primary N) is 1. The van der Waals surface area contributed by atoms with Crippen LogP contribution in [0.5, 0.6) is 0 Å². The number of nitrogens with one attached hydrogen (secondary N) is 1.